The molecule has 1 N–H and O–H groups in total. The van der Waals surface area contributed by atoms with Crippen LogP contribution in [0.15, 0.2) is 24.5 Å². The third kappa shape index (κ3) is 6.39. The number of carbonyl (C=O) groups is 2. The van der Waals surface area contributed by atoms with Gasteiger partial charge < -0.3 is 24.8 Å². The average molecular weight is 644 g/mol. The van der Waals surface area contributed by atoms with Gasteiger partial charge in [0.1, 0.15) is 17.9 Å². The van der Waals surface area contributed by atoms with Gasteiger partial charge in [0, 0.05) is 49.1 Å². The van der Waals surface area contributed by atoms with E-state index >= 15 is 0 Å². The zero-order valence-corrected chi connectivity index (χ0v) is 27.1. The van der Waals surface area contributed by atoms with Crippen LogP contribution in [-0.4, -0.2) is 93.1 Å². The van der Waals surface area contributed by atoms with Crippen molar-refractivity contribution in [2.45, 2.75) is 96.2 Å². The summed E-state index contributed by atoms with van der Waals surface area (Å²) in [7, 11) is 0. The molecule has 3 saturated heterocycles. The number of nitrogens with zero attached hydrogens (tertiary/aromatic N) is 6. The number of anilines is 1. The molecule has 46 heavy (non-hydrogen) atoms. The van der Waals surface area contributed by atoms with Crippen molar-refractivity contribution in [3.8, 4) is 11.6 Å². The maximum Gasteiger partial charge on any atom is 0.326 e. The van der Waals surface area contributed by atoms with E-state index < -0.39 is 23.2 Å². The van der Waals surface area contributed by atoms with Gasteiger partial charge in [-0.1, -0.05) is 0 Å². The predicted octanol–water partition coefficient (Wildman–Crippen LogP) is 5.05. The minimum absolute atomic E-state index is 0.0899. The van der Waals surface area contributed by atoms with Crippen LogP contribution in [0.25, 0.3) is 0 Å². The molecule has 6 rings (SSSR count). The van der Waals surface area contributed by atoms with Gasteiger partial charge in [0.05, 0.1) is 5.56 Å². The van der Waals surface area contributed by atoms with Gasteiger partial charge in [-0.15, -0.1) is 10.2 Å². The first kappa shape index (κ1) is 32.5. The molecule has 0 unspecified atom stereocenters. The van der Waals surface area contributed by atoms with Crippen LogP contribution in [0, 0.1) is 17.2 Å². The van der Waals surface area contributed by atoms with Gasteiger partial charge in [0.15, 0.2) is 5.82 Å². The van der Waals surface area contributed by atoms with E-state index in [0.717, 1.165) is 58.4 Å². The largest absolute Gasteiger partial charge is 0.434 e. The molecule has 0 radical (unpaired) electrons. The van der Waals surface area contributed by atoms with Crippen LogP contribution in [-0.2, 0) is 4.79 Å². The van der Waals surface area contributed by atoms with E-state index in [4.69, 9.17) is 4.74 Å². The number of benzene rings is 1. The Bertz CT molecular complexity index is 1440. The number of carbonyl (C=O) groups excluding carboxylic acids is 2. The minimum Gasteiger partial charge on any atom is -0.434 e. The molecule has 1 aromatic heterocycles. The number of ether oxygens (including phenoxy) is 1. The van der Waals surface area contributed by atoms with Crippen LogP contribution in [0.3, 0.4) is 0 Å². The lowest BCUT2D eigenvalue weighted by atomic mass is 9.71. The lowest BCUT2D eigenvalue weighted by molar-refractivity contribution is -0.139. The molecule has 2 amide bonds. The van der Waals surface area contributed by atoms with Gasteiger partial charge in [0.2, 0.25) is 0 Å². The number of hydrogen-bond acceptors (Lipinski definition) is 8. The maximum atomic E-state index is 14.3. The van der Waals surface area contributed by atoms with E-state index in [1.807, 2.05) is 27.7 Å². The van der Waals surface area contributed by atoms with Crippen molar-refractivity contribution in [2.75, 3.05) is 37.6 Å². The molecule has 1 saturated carbocycles. The number of piperidine rings is 1. The fourth-order valence-electron chi connectivity index (χ4n) is 8.01. The molecule has 10 nitrogen and oxygen atoms in total. The Labute approximate surface area is 268 Å². The third-order valence-electron chi connectivity index (χ3n) is 10.4. The Morgan fingerprint density at radius 3 is 2.37 bits per heavy atom. The fourth-order valence-corrected chi connectivity index (χ4v) is 8.01. The van der Waals surface area contributed by atoms with E-state index in [1.54, 1.807) is 4.90 Å². The van der Waals surface area contributed by atoms with Crippen molar-refractivity contribution in [3.63, 3.8) is 0 Å². The van der Waals surface area contributed by atoms with E-state index in [9.17, 15) is 22.8 Å². The number of alkyl halides is 2. The second-order valence-electron chi connectivity index (χ2n) is 14.4. The van der Waals surface area contributed by atoms with Gasteiger partial charge >= 0.3 is 5.92 Å². The summed E-state index contributed by atoms with van der Waals surface area (Å²) in [6.45, 7) is 12.2. The molecule has 13 heteroatoms. The van der Waals surface area contributed by atoms with Crippen molar-refractivity contribution >= 4 is 17.6 Å². The van der Waals surface area contributed by atoms with Crippen LogP contribution in [0.4, 0.5) is 19.0 Å². The summed E-state index contributed by atoms with van der Waals surface area (Å²) in [4.78, 5) is 35.9. The monoisotopic (exact) mass is 643 g/mol. The molecule has 2 aromatic rings. The van der Waals surface area contributed by atoms with Crippen LogP contribution < -0.4 is 15.0 Å². The zero-order valence-electron chi connectivity index (χ0n) is 27.1. The first-order chi connectivity index (χ1) is 21.8. The standard InChI is InChI=1S/C33H44F3N7O3/c1-21(2)43(22(3)4)29(44)25-15-24(34)5-6-26(25)46-28-27(37-20-38-40-28)42-18-31(19-42)11-13-41(14-12-31)16-23-7-9-32(10-8-23)17-33(35,36)30(45)39-32/h5-6,15,20-23H,7-14,16-19H2,1-4H3,(H,39,45). The van der Waals surface area contributed by atoms with Gasteiger partial charge in [-0.2, -0.15) is 8.78 Å². The summed E-state index contributed by atoms with van der Waals surface area (Å²) in [6.07, 6.45) is 6.00. The molecule has 0 atom stereocenters. The topological polar surface area (TPSA) is 104 Å². The normalized spacial score (nSPS) is 25.6. The first-order valence-electron chi connectivity index (χ1n) is 16.4. The van der Waals surface area contributed by atoms with E-state index in [0.29, 0.717) is 24.6 Å². The molecule has 3 aliphatic heterocycles. The Morgan fingerprint density at radius 1 is 1.09 bits per heavy atom. The molecule has 4 fully saturated rings. The van der Waals surface area contributed by atoms with Gasteiger partial charge in [-0.3, -0.25) is 9.59 Å². The van der Waals surface area contributed by atoms with Crippen LogP contribution >= 0.6 is 0 Å². The van der Waals surface area contributed by atoms with Crippen LogP contribution in [0.1, 0.15) is 83.0 Å². The molecule has 0 bridgehead atoms. The fraction of sp³-hybridized carbons (Fsp3) is 0.667. The summed E-state index contributed by atoms with van der Waals surface area (Å²) in [5.74, 6) is -3.87. The summed E-state index contributed by atoms with van der Waals surface area (Å²) in [5.41, 5.74) is -0.459. The molecular weight excluding hydrogens is 599 g/mol. The SMILES string of the molecule is CC(C)N(C(=O)c1cc(F)ccc1Oc1nncnc1N1CC2(CCN(CC3CCC4(CC3)CC(F)(F)C(=O)N4)CC2)C1)C(C)C. The van der Waals surface area contributed by atoms with Crippen LogP contribution in [0.2, 0.25) is 0 Å². The summed E-state index contributed by atoms with van der Waals surface area (Å²) in [5, 5.41) is 10.7. The maximum absolute atomic E-state index is 14.3. The third-order valence-corrected chi connectivity index (χ3v) is 10.4. The number of hydrogen-bond donors (Lipinski definition) is 1. The Balaban J connectivity index is 1.04. The molecule has 1 aliphatic carbocycles. The molecule has 4 heterocycles. The second kappa shape index (κ2) is 12.3. The summed E-state index contributed by atoms with van der Waals surface area (Å²) < 4.78 is 48.2. The van der Waals surface area contributed by atoms with Crippen molar-refractivity contribution in [1.82, 2.24) is 30.3 Å². The number of aromatic nitrogens is 3. The van der Waals surface area contributed by atoms with Crippen molar-refractivity contribution in [2.24, 2.45) is 11.3 Å². The van der Waals surface area contributed by atoms with Crippen molar-refractivity contribution < 1.29 is 27.5 Å². The predicted molar refractivity (Wildman–Crippen MR) is 165 cm³/mol. The summed E-state index contributed by atoms with van der Waals surface area (Å²) in [6, 6.07) is 3.72. The minimum atomic E-state index is -3.24. The van der Waals surface area contributed by atoms with Crippen LogP contribution in [0.5, 0.6) is 11.6 Å². The lowest BCUT2D eigenvalue weighted by Crippen LogP contribution is -2.61. The number of halogens is 3. The second-order valence-corrected chi connectivity index (χ2v) is 14.4. The summed E-state index contributed by atoms with van der Waals surface area (Å²) >= 11 is 0. The van der Waals surface area contributed by atoms with Crippen molar-refractivity contribution in [3.05, 3.63) is 35.9 Å². The highest BCUT2D eigenvalue weighted by molar-refractivity contribution is 5.97. The van der Waals surface area contributed by atoms with Gasteiger partial charge in [-0.05, 0) is 103 Å². The molecule has 1 aromatic carbocycles. The first-order valence-corrected chi connectivity index (χ1v) is 16.4. The molecule has 250 valence electrons. The number of amides is 2. The Hall–Kier alpha value is -3.48. The van der Waals surface area contributed by atoms with Gasteiger partial charge in [0.25, 0.3) is 17.7 Å². The zero-order chi connectivity index (χ0) is 32.9. The number of likely N-dealkylation sites (tertiary alicyclic amines) is 1. The highest BCUT2D eigenvalue weighted by Crippen LogP contribution is 2.46. The Morgan fingerprint density at radius 2 is 1.76 bits per heavy atom. The highest BCUT2D eigenvalue weighted by Gasteiger charge is 2.56. The molecule has 2 spiro atoms. The smallest absolute Gasteiger partial charge is 0.326 e. The average Bonchev–Trinajstić information content (AvgIpc) is 3.21. The number of rotatable bonds is 8. The van der Waals surface area contributed by atoms with Crippen molar-refractivity contribution in [1.29, 1.82) is 0 Å². The molecule has 4 aliphatic rings. The molecular formula is C33H44F3N7O3. The van der Waals surface area contributed by atoms with E-state index in [1.165, 1.54) is 24.5 Å². The highest BCUT2D eigenvalue weighted by atomic mass is 19.3. The lowest BCUT2D eigenvalue weighted by Gasteiger charge is -2.54. The van der Waals surface area contributed by atoms with Gasteiger partial charge in [-0.25, -0.2) is 9.37 Å². The quantitative estimate of drug-likeness (QED) is 0.427. The number of nitrogens with one attached hydrogen (secondary N) is 1. The van der Waals surface area contributed by atoms with E-state index in [2.05, 4.69) is 30.3 Å². The van der Waals surface area contributed by atoms with E-state index in [-0.39, 0.29) is 47.0 Å². The Kier molecular flexibility index (Phi) is 8.66.